The van der Waals surface area contributed by atoms with Gasteiger partial charge in [-0.2, -0.15) is 0 Å². The van der Waals surface area contributed by atoms with E-state index in [4.69, 9.17) is 16.2 Å². The van der Waals surface area contributed by atoms with Gasteiger partial charge in [-0.15, -0.1) is 0 Å². The Hall–Kier alpha value is -2.15. The molecule has 108 valence electrons. The van der Waals surface area contributed by atoms with Crippen molar-refractivity contribution in [3.8, 4) is 5.75 Å². The highest BCUT2D eigenvalue weighted by molar-refractivity contribution is 5.85. The molecule has 7 nitrogen and oxygen atoms in total. The Bertz CT molecular complexity index is 557. The third-order valence-corrected chi connectivity index (χ3v) is 3.60. The van der Waals surface area contributed by atoms with Crippen LogP contribution in [-0.4, -0.2) is 23.0 Å². The van der Waals surface area contributed by atoms with E-state index in [9.17, 15) is 14.9 Å². The zero-order chi connectivity index (χ0) is 14.9. The van der Waals surface area contributed by atoms with Gasteiger partial charge in [0.15, 0.2) is 0 Å². The lowest BCUT2D eigenvalue weighted by Crippen LogP contribution is -2.58. The maximum Gasteiger partial charge on any atom is 0.269 e. The van der Waals surface area contributed by atoms with Crippen LogP contribution in [0.3, 0.4) is 0 Å². The van der Waals surface area contributed by atoms with Gasteiger partial charge in [-0.1, -0.05) is 0 Å². The Kier molecular flexibility index (Phi) is 3.63. The van der Waals surface area contributed by atoms with Crippen LogP contribution in [0.2, 0.25) is 0 Å². The first kappa shape index (κ1) is 14.3. The van der Waals surface area contributed by atoms with E-state index in [1.165, 1.54) is 18.2 Å². The number of aryl methyl sites for hydroxylation is 1. The van der Waals surface area contributed by atoms with Crippen molar-refractivity contribution < 1.29 is 14.5 Å². The molecule has 1 amide bonds. The van der Waals surface area contributed by atoms with Crippen LogP contribution in [0.15, 0.2) is 18.2 Å². The Morgan fingerprint density at radius 3 is 2.65 bits per heavy atom. The van der Waals surface area contributed by atoms with E-state index in [0.717, 1.165) is 12.8 Å². The number of carbonyl (C=O) groups excluding carboxylic acids is 1. The van der Waals surface area contributed by atoms with E-state index in [2.05, 4.69) is 0 Å². The lowest BCUT2D eigenvalue weighted by molar-refractivity contribution is -0.384. The molecule has 0 heterocycles. The Morgan fingerprint density at radius 2 is 2.20 bits per heavy atom. The van der Waals surface area contributed by atoms with Gasteiger partial charge < -0.3 is 16.2 Å². The van der Waals surface area contributed by atoms with Crippen LogP contribution >= 0.6 is 0 Å². The van der Waals surface area contributed by atoms with Crippen molar-refractivity contribution in [1.82, 2.24) is 0 Å². The van der Waals surface area contributed by atoms with Crippen LogP contribution in [0.25, 0.3) is 0 Å². The molecule has 0 bridgehead atoms. The fourth-order valence-corrected chi connectivity index (χ4v) is 2.09. The molecule has 0 spiro atoms. The molecule has 1 aliphatic carbocycles. The first-order valence-electron chi connectivity index (χ1n) is 6.31. The molecule has 7 heteroatoms. The molecule has 1 unspecified atom stereocenters. The van der Waals surface area contributed by atoms with E-state index in [1.54, 1.807) is 6.92 Å². The average molecular weight is 279 g/mol. The second-order valence-electron chi connectivity index (χ2n) is 5.17. The number of carbonyl (C=O) groups is 1. The minimum atomic E-state index is -1.17. The van der Waals surface area contributed by atoms with E-state index in [0.29, 0.717) is 11.3 Å². The predicted octanol–water partition coefficient (Wildman–Crippen LogP) is 0.875. The van der Waals surface area contributed by atoms with Gasteiger partial charge in [0.25, 0.3) is 5.69 Å². The van der Waals surface area contributed by atoms with Crippen molar-refractivity contribution in [1.29, 1.82) is 0 Å². The number of benzene rings is 1. The number of nitrogens with two attached hydrogens (primary N) is 2. The lowest BCUT2D eigenvalue weighted by Gasteiger charge is -2.26. The maximum absolute atomic E-state index is 11.5. The molecule has 20 heavy (non-hydrogen) atoms. The summed E-state index contributed by atoms with van der Waals surface area (Å²) < 4.78 is 5.55. The molecule has 0 radical (unpaired) electrons. The monoisotopic (exact) mass is 279 g/mol. The highest BCUT2D eigenvalue weighted by atomic mass is 16.6. The number of non-ortho nitro benzene ring substituents is 1. The normalized spacial score (nSPS) is 17.3. The van der Waals surface area contributed by atoms with Crippen molar-refractivity contribution in [3.63, 3.8) is 0 Å². The van der Waals surface area contributed by atoms with Crippen molar-refractivity contribution in [2.45, 2.75) is 25.3 Å². The number of hydrogen-bond donors (Lipinski definition) is 2. The molecule has 0 saturated heterocycles. The molecule has 4 N–H and O–H groups in total. The highest BCUT2D eigenvalue weighted by Gasteiger charge is 2.47. The summed E-state index contributed by atoms with van der Waals surface area (Å²) in [5, 5.41) is 10.7. The molecule has 1 saturated carbocycles. The molecular formula is C13H17N3O4. The summed E-state index contributed by atoms with van der Waals surface area (Å²) in [6.45, 7) is 1.67. The molecule has 1 fully saturated rings. The van der Waals surface area contributed by atoms with Crippen molar-refractivity contribution in [3.05, 3.63) is 33.9 Å². The first-order chi connectivity index (χ1) is 9.34. The molecule has 0 aromatic heterocycles. The van der Waals surface area contributed by atoms with E-state index in [1.807, 2.05) is 0 Å². The van der Waals surface area contributed by atoms with Gasteiger partial charge in [-0.25, -0.2) is 0 Å². The zero-order valence-electron chi connectivity index (χ0n) is 11.2. The molecule has 1 aliphatic rings. The molecule has 1 atom stereocenters. The highest BCUT2D eigenvalue weighted by Crippen LogP contribution is 2.38. The van der Waals surface area contributed by atoms with E-state index in [-0.39, 0.29) is 18.2 Å². The predicted molar refractivity (Wildman–Crippen MR) is 72.2 cm³/mol. The summed E-state index contributed by atoms with van der Waals surface area (Å²) in [5.41, 5.74) is 10.8. The number of rotatable bonds is 6. The lowest BCUT2D eigenvalue weighted by atomic mass is 9.95. The third-order valence-electron chi connectivity index (χ3n) is 3.60. The average Bonchev–Trinajstić information content (AvgIpc) is 3.20. The van der Waals surface area contributed by atoms with Gasteiger partial charge in [0.2, 0.25) is 5.91 Å². The van der Waals surface area contributed by atoms with Crippen LogP contribution in [0, 0.1) is 23.0 Å². The number of nitro benzene ring substituents is 1. The molecule has 0 aliphatic heterocycles. The number of nitro groups is 1. The SMILES string of the molecule is Cc1cc([N+](=O)[O-])ccc1OCC(N)(C(N)=O)C1CC1. The van der Waals surface area contributed by atoms with Crippen molar-refractivity contribution in [2.24, 2.45) is 17.4 Å². The van der Waals surface area contributed by atoms with Gasteiger partial charge in [-0.05, 0) is 37.3 Å². The Morgan fingerprint density at radius 1 is 1.55 bits per heavy atom. The van der Waals surface area contributed by atoms with Crippen molar-refractivity contribution >= 4 is 11.6 Å². The number of amides is 1. The smallest absolute Gasteiger partial charge is 0.269 e. The first-order valence-corrected chi connectivity index (χ1v) is 6.31. The fraction of sp³-hybridized carbons (Fsp3) is 0.462. The largest absolute Gasteiger partial charge is 0.491 e. The van der Waals surface area contributed by atoms with Gasteiger partial charge in [0.05, 0.1) is 4.92 Å². The molecular weight excluding hydrogens is 262 g/mol. The maximum atomic E-state index is 11.5. The minimum Gasteiger partial charge on any atom is -0.491 e. The van der Waals surface area contributed by atoms with Crippen LogP contribution in [0.5, 0.6) is 5.75 Å². The summed E-state index contributed by atoms with van der Waals surface area (Å²) in [4.78, 5) is 21.7. The number of nitrogens with zero attached hydrogens (tertiary/aromatic N) is 1. The van der Waals surface area contributed by atoms with E-state index >= 15 is 0 Å². The second kappa shape index (κ2) is 5.09. The molecule has 2 rings (SSSR count). The number of primary amides is 1. The van der Waals surface area contributed by atoms with Gasteiger partial charge in [0, 0.05) is 12.1 Å². The standard InChI is InChI=1S/C13H17N3O4/c1-8-6-10(16(18)19)4-5-11(8)20-7-13(15,12(14)17)9-2-3-9/h4-6,9H,2-3,7,15H2,1H3,(H2,14,17). The van der Waals surface area contributed by atoms with Crippen LogP contribution < -0.4 is 16.2 Å². The zero-order valence-corrected chi connectivity index (χ0v) is 11.2. The second-order valence-corrected chi connectivity index (χ2v) is 5.17. The van der Waals surface area contributed by atoms with Crippen molar-refractivity contribution in [2.75, 3.05) is 6.61 Å². The summed E-state index contributed by atoms with van der Waals surface area (Å²) in [5.74, 6) is -0.0646. The van der Waals surface area contributed by atoms with Crippen LogP contribution in [0.4, 0.5) is 5.69 Å². The Labute approximate surface area is 116 Å². The summed E-state index contributed by atoms with van der Waals surface area (Å²) in [6, 6.07) is 4.26. The van der Waals surface area contributed by atoms with Gasteiger partial charge >= 0.3 is 0 Å². The van der Waals surface area contributed by atoms with E-state index < -0.39 is 16.4 Å². The Balaban J connectivity index is 2.10. The number of hydrogen-bond acceptors (Lipinski definition) is 5. The molecule has 1 aromatic carbocycles. The topological polar surface area (TPSA) is 121 Å². The third kappa shape index (κ3) is 2.72. The minimum absolute atomic E-state index is 0.00837. The molecule has 1 aromatic rings. The summed E-state index contributed by atoms with van der Waals surface area (Å²) in [7, 11) is 0. The summed E-state index contributed by atoms with van der Waals surface area (Å²) >= 11 is 0. The summed E-state index contributed by atoms with van der Waals surface area (Å²) in [6.07, 6.45) is 1.73. The van der Waals surface area contributed by atoms with Gasteiger partial charge in [-0.3, -0.25) is 14.9 Å². The van der Waals surface area contributed by atoms with Crippen LogP contribution in [-0.2, 0) is 4.79 Å². The van der Waals surface area contributed by atoms with Gasteiger partial charge in [0.1, 0.15) is 17.9 Å². The van der Waals surface area contributed by atoms with Crippen LogP contribution in [0.1, 0.15) is 18.4 Å². The fourth-order valence-electron chi connectivity index (χ4n) is 2.09. The number of ether oxygens (including phenoxy) is 1. The quantitative estimate of drug-likeness (QED) is 0.591.